The number of fused-ring (bicyclic) bond motifs is 1. The van der Waals surface area contributed by atoms with E-state index in [-0.39, 0.29) is 12.8 Å². The summed E-state index contributed by atoms with van der Waals surface area (Å²) in [7, 11) is 0. The fourth-order valence-corrected chi connectivity index (χ4v) is 3.01. The van der Waals surface area contributed by atoms with Crippen molar-refractivity contribution in [1.29, 1.82) is 0 Å². The Kier molecular flexibility index (Phi) is 4.94. The van der Waals surface area contributed by atoms with Crippen molar-refractivity contribution in [2.45, 2.75) is 13.0 Å². The molecule has 1 aliphatic rings. The predicted molar refractivity (Wildman–Crippen MR) is 91.0 cm³/mol. The van der Waals surface area contributed by atoms with E-state index in [1.807, 2.05) is 12.1 Å². The SMILES string of the molecule is O=C(NCOc1ccc(Cl)cc1Cl)N1CCc2ccccc2C1. The van der Waals surface area contributed by atoms with Gasteiger partial charge in [-0.25, -0.2) is 4.79 Å². The summed E-state index contributed by atoms with van der Waals surface area (Å²) in [6, 6.07) is 13.0. The number of ether oxygens (including phenoxy) is 1. The molecule has 0 radical (unpaired) electrons. The molecule has 4 nitrogen and oxygen atoms in total. The third-order valence-corrected chi connectivity index (χ3v) is 4.29. The van der Waals surface area contributed by atoms with E-state index in [1.165, 1.54) is 11.1 Å². The first kappa shape index (κ1) is 16.0. The quantitative estimate of drug-likeness (QED) is 0.846. The van der Waals surface area contributed by atoms with Crippen LogP contribution in [0, 0.1) is 0 Å². The lowest BCUT2D eigenvalue weighted by molar-refractivity contribution is 0.179. The van der Waals surface area contributed by atoms with Crippen LogP contribution in [-0.4, -0.2) is 24.2 Å². The van der Waals surface area contributed by atoms with Gasteiger partial charge in [0, 0.05) is 18.1 Å². The molecular formula is C17H16Cl2N2O2. The van der Waals surface area contributed by atoms with Crippen LogP contribution in [0.5, 0.6) is 5.75 Å². The van der Waals surface area contributed by atoms with Crippen LogP contribution in [0.15, 0.2) is 42.5 Å². The lowest BCUT2D eigenvalue weighted by atomic mass is 10.0. The summed E-state index contributed by atoms with van der Waals surface area (Å²) in [6.45, 7) is 1.37. The summed E-state index contributed by atoms with van der Waals surface area (Å²) >= 11 is 11.8. The molecule has 1 heterocycles. The van der Waals surface area contributed by atoms with Crippen LogP contribution < -0.4 is 10.1 Å². The number of hydrogen-bond donors (Lipinski definition) is 1. The van der Waals surface area contributed by atoms with E-state index in [0.717, 1.165) is 6.42 Å². The molecule has 0 saturated carbocycles. The summed E-state index contributed by atoms with van der Waals surface area (Å²) in [4.78, 5) is 14.0. The van der Waals surface area contributed by atoms with E-state index in [4.69, 9.17) is 27.9 Å². The fraction of sp³-hybridized carbons (Fsp3) is 0.235. The number of carbonyl (C=O) groups excluding carboxylic acids is 1. The standard InChI is InChI=1S/C17H16Cl2N2O2/c18-14-5-6-16(15(19)9-14)23-11-20-17(22)21-8-7-12-3-1-2-4-13(12)10-21/h1-6,9H,7-8,10-11H2,(H,20,22). The molecule has 0 spiro atoms. The van der Waals surface area contributed by atoms with Crippen molar-refractivity contribution < 1.29 is 9.53 Å². The minimum Gasteiger partial charge on any atom is -0.472 e. The molecule has 0 bridgehead atoms. The summed E-state index contributed by atoms with van der Waals surface area (Å²) in [6.07, 6.45) is 0.869. The number of hydrogen-bond acceptors (Lipinski definition) is 2. The zero-order valence-electron chi connectivity index (χ0n) is 12.4. The van der Waals surface area contributed by atoms with Gasteiger partial charge in [0.05, 0.1) is 5.02 Å². The molecule has 23 heavy (non-hydrogen) atoms. The second-order valence-corrected chi connectivity index (χ2v) is 6.13. The van der Waals surface area contributed by atoms with Crippen LogP contribution >= 0.6 is 23.2 Å². The number of benzene rings is 2. The summed E-state index contributed by atoms with van der Waals surface area (Å²) < 4.78 is 5.47. The molecule has 0 atom stereocenters. The zero-order valence-corrected chi connectivity index (χ0v) is 13.9. The Hall–Kier alpha value is -1.91. The molecule has 0 aliphatic carbocycles. The normalized spacial score (nSPS) is 13.4. The third kappa shape index (κ3) is 3.89. The molecule has 0 fully saturated rings. The average Bonchev–Trinajstić information content (AvgIpc) is 2.56. The highest BCUT2D eigenvalue weighted by Crippen LogP contribution is 2.27. The Morgan fingerprint density at radius 2 is 1.96 bits per heavy atom. The lowest BCUT2D eigenvalue weighted by Crippen LogP contribution is -2.43. The molecule has 120 valence electrons. The van der Waals surface area contributed by atoms with Crippen LogP contribution in [0.4, 0.5) is 4.79 Å². The molecule has 0 saturated heterocycles. The number of amides is 2. The van der Waals surface area contributed by atoms with Crippen LogP contribution in [0.2, 0.25) is 10.0 Å². The maximum absolute atomic E-state index is 12.2. The molecule has 1 N–H and O–H groups in total. The van der Waals surface area contributed by atoms with Crippen molar-refractivity contribution in [2.24, 2.45) is 0 Å². The average molecular weight is 351 g/mol. The Balaban J connectivity index is 1.52. The largest absolute Gasteiger partial charge is 0.472 e. The van der Waals surface area contributed by atoms with Gasteiger partial charge in [0.1, 0.15) is 5.75 Å². The van der Waals surface area contributed by atoms with Crippen molar-refractivity contribution in [3.8, 4) is 5.75 Å². The van der Waals surface area contributed by atoms with Gasteiger partial charge in [-0.3, -0.25) is 0 Å². The van der Waals surface area contributed by atoms with Crippen molar-refractivity contribution in [3.63, 3.8) is 0 Å². The second kappa shape index (κ2) is 7.11. The molecule has 2 amide bonds. The first-order valence-electron chi connectivity index (χ1n) is 7.31. The van der Waals surface area contributed by atoms with Crippen LogP contribution in [0.25, 0.3) is 0 Å². The predicted octanol–water partition coefficient (Wildman–Crippen LogP) is 4.10. The number of urea groups is 1. The van der Waals surface area contributed by atoms with Crippen LogP contribution in [0.3, 0.4) is 0 Å². The van der Waals surface area contributed by atoms with Gasteiger partial charge in [-0.1, -0.05) is 47.5 Å². The van der Waals surface area contributed by atoms with E-state index >= 15 is 0 Å². The highest BCUT2D eigenvalue weighted by atomic mass is 35.5. The number of rotatable bonds is 3. The molecule has 0 aromatic heterocycles. The van der Waals surface area contributed by atoms with Crippen molar-refractivity contribution in [2.75, 3.05) is 13.3 Å². The summed E-state index contributed by atoms with van der Waals surface area (Å²) in [5.41, 5.74) is 2.50. The molecule has 1 aliphatic heterocycles. The Morgan fingerprint density at radius 3 is 2.74 bits per heavy atom. The van der Waals surface area contributed by atoms with E-state index < -0.39 is 0 Å². The van der Waals surface area contributed by atoms with Crippen LogP contribution in [-0.2, 0) is 13.0 Å². The van der Waals surface area contributed by atoms with Crippen molar-refractivity contribution >= 4 is 29.2 Å². The van der Waals surface area contributed by atoms with Crippen LogP contribution in [0.1, 0.15) is 11.1 Å². The maximum atomic E-state index is 12.2. The molecule has 0 unspecified atom stereocenters. The first-order valence-corrected chi connectivity index (χ1v) is 8.06. The summed E-state index contributed by atoms with van der Waals surface area (Å²) in [5, 5.41) is 3.70. The molecule has 2 aromatic carbocycles. The smallest absolute Gasteiger partial charge is 0.320 e. The van der Waals surface area contributed by atoms with Gasteiger partial charge in [-0.15, -0.1) is 0 Å². The monoisotopic (exact) mass is 350 g/mol. The minimum atomic E-state index is -0.149. The minimum absolute atomic E-state index is 0.0539. The maximum Gasteiger partial charge on any atom is 0.320 e. The molecule has 6 heteroatoms. The topological polar surface area (TPSA) is 41.6 Å². The van der Waals surface area contributed by atoms with Gasteiger partial charge < -0.3 is 15.0 Å². The Morgan fingerprint density at radius 1 is 1.17 bits per heavy atom. The highest BCUT2D eigenvalue weighted by Gasteiger charge is 2.20. The summed E-state index contributed by atoms with van der Waals surface area (Å²) in [5.74, 6) is 0.486. The van der Waals surface area contributed by atoms with Gasteiger partial charge >= 0.3 is 6.03 Å². The van der Waals surface area contributed by atoms with E-state index in [0.29, 0.717) is 28.9 Å². The second-order valence-electron chi connectivity index (χ2n) is 5.29. The van der Waals surface area contributed by atoms with E-state index in [2.05, 4.69) is 17.4 Å². The molecule has 3 rings (SSSR count). The molecular weight excluding hydrogens is 335 g/mol. The first-order chi connectivity index (χ1) is 11.1. The number of halogens is 2. The number of nitrogens with zero attached hydrogens (tertiary/aromatic N) is 1. The van der Waals surface area contributed by atoms with Gasteiger partial charge in [0.2, 0.25) is 0 Å². The number of nitrogens with one attached hydrogen (secondary N) is 1. The third-order valence-electron chi connectivity index (χ3n) is 3.76. The fourth-order valence-electron chi connectivity index (χ4n) is 2.55. The van der Waals surface area contributed by atoms with Crippen molar-refractivity contribution in [3.05, 3.63) is 63.6 Å². The number of carbonyl (C=O) groups is 1. The Bertz CT molecular complexity index is 721. The van der Waals surface area contributed by atoms with Gasteiger partial charge in [-0.05, 0) is 35.7 Å². The highest BCUT2D eigenvalue weighted by molar-refractivity contribution is 6.35. The Labute approximate surface area is 144 Å². The van der Waals surface area contributed by atoms with Gasteiger partial charge in [0.15, 0.2) is 6.73 Å². The van der Waals surface area contributed by atoms with Gasteiger partial charge in [-0.2, -0.15) is 0 Å². The van der Waals surface area contributed by atoms with Crippen molar-refractivity contribution in [1.82, 2.24) is 10.2 Å². The zero-order chi connectivity index (χ0) is 16.2. The molecule has 2 aromatic rings. The van der Waals surface area contributed by atoms with E-state index in [9.17, 15) is 4.79 Å². The van der Waals surface area contributed by atoms with Gasteiger partial charge in [0.25, 0.3) is 0 Å². The van der Waals surface area contributed by atoms with E-state index in [1.54, 1.807) is 23.1 Å². The lowest BCUT2D eigenvalue weighted by Gasteiger charge is -2.28.